The van der Waals surface area contributed by atoms with E-state index in [1.165, 1.54) is 13.1 Å². The van der Waals surface area contributed by atoms with Crippen LogP contribution in [0.3, 0.4) is 0 Å². The summed E-state index contributed by atoms with van der Waals surface area (Å²) < 4.78 is 38.1. The lowest BCUT2D eigenvalue weighted by atomic mass is 10.1. The maximum atomic E-state index is 12.7. The Morgan fingerprint density at radius 3 is 2.21 bits per heavy atom. The second kappa shape index (κ2) is 4.87. The number of nitrogens with one attached hydrogen (secondary N) is 1. The normalized spacial score (nSPS) is 11.4. The molecule has 0 spiro atoms. The first-order valence-electron chi connectivity index (χ1n) is 5.61. The third kappa shape index (κ3) is 3.01. The van der Waals surface area contributed by atoms with E-state index in [4.69, 9.17) is 0 Å². The predicted octanol–water partition coefficient (Wildman–Crippen LogP) is 3.51. The third-order valence-electron chi connectivity index (χ3n) is 2.58. The van der Waals surface area contributed by atoms with Crippen molar-refractivity contribution in [3.05, 3.63) is 41.7 Å². The highest BCUT2D eigenvalue weighted by atomic mass is 19.4. The zero-order valence-corrected chi connectivity index (χ0v) is 10.4. The number of alkyl halides is 3. The summed E-state index contributed by atoms with van der Waals surface area (Å²) in [5.41, 5.74) is 1.89. The van der Waals surface area contributed by atoms with Gasteiger partial charge in [-0.2, -0.15) is 13.2 Å². The maximum Gasteiger partial charge on any atom is 0.451 e. The molecular weight excluding hydrogens is 255 g/mol. The topological polar surface area (TPSA) is 37.8 Å². The molecule has 1 N–H and O–H groups in total. The van der Waals surface area contributed by atoms with Gasteiger partial charge in [-0.3, -0.25) is 0 Å². The van der Waals surface area contributed by atoms with Crippen LogP contribution in [0.1, 0.15) is 11.4 Å². The van der Waals surface area contributed by atoms with Crippen molar-refractivity contribution in [3.63, 3.8) is 0 Å². The van der Waals surface area contributed by atoms with Gasteiger partial charge >= 0.3 is 6.18 Å². The molecular formula is C13H12F3N3. The first kappa shape index (κ1) is 13.3. The van der Waals surface area contributed by atoms with E-state index < -0.39 is 12.0 Å². The van der Waals surface area contributed by atoms with Crippen molar-refractivity contribution in [1.29, 1.82) is 0 Å². The molecule has 3 nitrogen and oxygen atoms in total. The number of nitrogens with zero attached hydrogens (tertiary/aromatic N) is 2. The summed E-state index contributed by atoms with van der Waals surface area (Å²) in [6.07, 6.45) is -4.56. The van der Waals surface area contributed by atoms with Gasteiger partial charge in [-0.25, -0.2) is 9.97 Å². The van der Waals surface area contributed by atoms with Crippen molar-refractivity contribution in [3.8, 4) is 11.3 Å². The van der Waals surface area contributed by atoms with E-state index in [9.17, 15) is 13.2 Å². The Hall–Kier alpha value is -2.11. The van der Waals surface area contributed by atoms with Gasteiger partial charge in [0, 0.05) is 18.7 Å². The molecule has 0 saturated carbocycles. The van der Waals surface area contributed by atoms with Gasteiger partial charge in [0.05, 0.1) is 5.69 Å². The Balaban J connectivity index is 2.54. The summed E-state index contributed by atoms with van der Waals surface area (Å²) in [7, 11) is 1.52. The molecule has 0 bridgehead atoms. The van der Waals surface area contributed by atoms with Gasteiger partial charge in [-0.1, -0.05) is 29.8 Å². The average molecular weight is 267 g/mol. The van der Waals surface area contributed by atoms with Crippen LogP contribution in [0.25, 0.3) is 11.3 Å². The predicted molar refractivity (Wildman–Crippen MR) is 66.8 cm³/mol. The zero-order valence-electron chi connectivity index (χ0n) is 10.4. The fourth-order valence-corrected chi connectivity index (χ4v) is 1.57. The molecule has 100 valence electrons. The Kier molecular flexibility index (Phi) is 3.42. The van der Waals surface area contributed by atoms with Crippen LogP contribution in [0.2, 0.25) is 0 Å². The van der Waals surface area contributed by atoms with E-state index in [0.717, 1.165) is 5.56 Å². The Labute approximate surface area is 108 Å². The largest absolute Gasteiger partial charge is 0.451 e. The molecule has 1 aromatic heterocycles. The van der Waals surface area contributed by atoms with Crippen LogP contribution in [0.15, 0.2) is 30.3 Å². The molecule has 2 rings (SSSR count). The van der Waals surface area contributed by atoms with E-state index in [2.05, 4.69) is 15.3 Å². The number of anilines is 1. The van der Waals surface area contributed by atoms with Gasteiger partial charge in [-0.05, 0) is 6.92 Å². The van der Waals surface area contributed by atoms with Crippen LogP contribution in [-0.2, 0) is 6.18 Å². The van der Waals surface area contributed by atoms with Crippen LogP contribution < -0.4 is 5.32 Å². The maximum absolute atomic E-state index is 12.7. The fraction of sp³-hybridized carbons (Fsp3) is 0.231. The van der Waals surface area contributed by atoms with E-state index in [0.29, 0.717) is 5.56 Å². The molecule has 2 aromatic rings. The minimum Gasteiger partial charge on any atom is -0.373 e. The van der Waals surface area contributed by atoms with E-state index in [1.54, 1.807) is 12.1 Å². The number of aromatic nitrogens is 2. The molecule has 0 atom stereocenters. The minimum absolute atomic E-state index is 0.137. The Bertz CT molecular complexity index is 577. The monoisotopic (exact) mass is 267 g/mol. The second-order valence-electron chi connectivity index (χ2n) is 4.08. The number of benzene rings is 1. The summed E-state index contributed by atoms with van der Waals surface area (Å²) in [6, 6.07) is 8.60. The zero-order chi connectivity index (χ0) is 14.0. The quantitative estimate of drug-likeness (QED) is 0.904. The molecule has 6 heteroatoms. The van der Waals surface area contributed by atoms with Crippen LogP contribution in [0.5, 0.6) is 0 Å². The van der Waals surface area contributed by atoms with Crippen molar-refractivity contribution in [2.45, 2.75) is 13.1 Å². The summed E-state index contributed by atoms with van der Waals surface area (Å²) >= 11 is 0. The second-order valence-corrected chi connectivity index (χ2v) is 4.08. The molecule has 0 radical (unpaired) electrons. The van der Waals surface area contributed by atoms with Crippen LogP contribution >= 0.6 is 0 Å². The highest BCUT2D eigenvalue weighted by Gasteiger charge is 2.35. The molecule has 0 unspecified atom stereocenters. The van der Waals surface area contributed by atoms with Crippen molar-refractivity contribution >= 4 is 5.82 Å². The fourth-order valence-electron chi connectivity index (χ4n) is 1.57. The first-order chi connectivity index (χ1) is 8.90. The summed E-state index contributed by atoms with van der Waals surface area (Å²) in [6.45, 7) is 1.91. The van der Waals surface area contributed by atoms with Crippen molar-refractivity contribution in [2.24, 2.45) is 0 Å². The van der Waals surface area contributed by atoms with Crippen molar-refractivity contribution < 1.29 is 13.2 Å². The smallest absolute Gasteiger partial charge is 0.373 e. The van der Waals surface area contributed by atoms with Crippen LogP contribution in [0, 0.1) is 6.92 Å². The van der Waals surface area contributed by atoms with Crippen molar-refractivity contribution in [2.75, 3.05) is 12.4 Å². The van der Waals surface area contributed by atoms with E-state index in [-0.39, 0.29) is 11.5 Å². The molecule has 19 heavy (non-hydrogen) atoms. The number of hydrogen-bond donors (Lipinski definition) is 1. The lowest BCUT2D eigenvalue weighted by Gasteiger charge is -2.10. The van der Waals surface area contributed by atoms with Crippen LogP contribution in [-0.4, -0.2) is 17.0 Å². The number of hydrogen-bond acceptors (Lipinski definition) is 3. The molecule has 1 heterocycles. The van der Waals surface area contributed by atoms with Crippen molar-refractivity contribution in [1.82, 2.24) is 9.97 Å². The van der Waals surface area contributed by atoms with Gasteiger partial charge in [-0.15, -0.1) is 0 Å². The number of rotatable bonds is 2. The number of halogens is 3. The molecule has 0 fully saturated rings. The average Bonchev–Trinajstić information content (AvgIpc) is 2.38. The molecule has 0 amide bonds. The van der Waals surface area contributed by atoms with Gasteiger partial charge in [0.2, 0.25) is 5.82 Å². The lowest BCUT2D eigenvalue weighted by molar-refractivity contribution is -0.144. The molecule has 0 aliphatic rings. The first-order valence-corrected chi connectivity index (χ1v) is 5.61. The highest BCUT2D eigenvalue weighted by Crippen LogP contribution is 2.29. The summed E-state index contributed by atoms with van der Waals surface area (Å²) in [5.74, 6) is -1.01. The summed E-state index contributed by atoms with van der Waals surface area (Å²) in [5, 5.41) is 2.61. The third-order valence-corrected chi connectivity index (χ3v) is 2.58. The number of aryl methyl sites for hydroxylation is 1. The Morgan fingerprint density at radius 2 is 1.68 bits per heavy atom. The highest BCUT2D eigenvalue weighted by molar-refractivity contribution is 5.62. The standard InChI is InChI=1S/C13H12F3N3/c1-8-3-5-9(6-4-8)10-7-11(17-2)19-12(18-10)13(14,15)16/h3-7H,1-2H3,(H,17,18,19). The lowest BCUT2D eigenvalue weighted by Crippen LogP contribution is -2.13. The molecule has 0 saturated heterocycles. The van der Waals surface area contributed by atoms with Gasteiger partial charge in [0.15, 0.2) is 0 Å². The van der Waals surface area contributed by atoms with Gasteiger partial charge in [0.1, 0.15) is 5.82 Å². The SMILES string of the molecule is CNc1cc(-c2ccc(C)cc2)nc(C(F)(F)F)n1. The van der Waals surface area contributed by atoms with Gasteiger partial charge < -0.3 is 5.32 Å². The Morgan fingerprint density at radius 1 is 1.05 bits per heavy atom. The molecule has 1 aromatic carbocycles. The summed E-state index contributed by atoms with van der Waals surface area (Å²) in [4.78, 5) is 7.00. The van der Waals surface area contributed by atoms with Gasteiger partial charge in [0.25, 0.3) is 0 Å². The van der Waals surface area contributed by atoms with E-state index in [1.807, 2.05) is 19.1 Å². The minimum atomic E-state index is -4.56. The van der Waals surface area contributed by atoms with E-state index >= 15 is 0 Å². The molecule has 0 aliphatic heterocycles. The van der Waals surface area contributed by atoms with Crippen LogP contribution in [0.4, 0.5) is 19.0 Å². The molecule has 0 aliphatic carbocycles.